The van der Waals surface area contributed by atoms with E-state index in [0.717, 1.165) is 16.8 Å². The second kappa shape index (κ2) is 7.51. The first-order valence-corrected chi connectivity index (χ1v) is 8.62. The molecule has 0 spiro atoms. The van der Waals surface area contributed by atoms with Crippen molar-refractivity contribution in [1.82, 2.24) is 4.90 Å². The van der Waals surface area contributed by atoms with Gasteiger partial charge >= 0.3 is 0 Å². The number of hydrogen-bond acceptors (Lipinski definition) is 2. The highest BCUT2D eigenvalue weighted by Crippen LogP contribution is 2.29. The highest BCUT2D eigenvalue weighted by molar-refractivity contribution is 9.10. The first kappa shape index (κ1) is 17.6. The van der Waals surface area contributed by atoms with Crippen LogP contribution in [0.1, 0.15) is 27.7 Å². The van der Waals surface area contributed by atoms with Crippen molar-refractivity contribution in [2.45, 2.75) is 32.6 Å². The minimum Gasteiger partial charge on any atom is -0.345 e. The van der Waals surface area contributed by atoms with Gasteiger partial charge in [0.25, 0.3) is 0 Å². The van der Waals surface area contributed by atoms with Gasteiger partial charge in [-0.3, -0.25) is 4.79 Å². The fourth-order valence-corrected chi connectivity index (χ4v) is 3.26. The minimum absolute atomic E-state index is 0.0647. The lowest BCUT2D eigenvalue weighted by atomic mass is 9.95. The molecule has 0 aromatic heterocycles. The molecule has 0 heterocycles. The van der Waals surface area contributed by atoms with Crippen molar-refractivity contribution >= 4 is 33.6 Å². The average Bonchev–Trinajstić information content (AvgIpc) is 2.36. The maximum absolute atomic E-state index is 11.9. The van der Waals surface area contributed by atoms with E-state index in [2.05, 4.69) is 54.0 Å². The van der Waals surface area contributed by atoms with Crippen LogP contribution in [0.3, 0.4) is 0 Å². The zero-order chi connectivity index (χ0) is 15.3. The van der Waals surface area contributed by atoms with E-state index in [-0.39, 0.29) is 17.2 Å². The first-order valence-electron chi connectivity index (χ1n) is 6.84. The standard InChI is InChI=1S/C16H24BrNOS/c1-12(2)15(19)18(5)10-16(3,4)11-20-14-8-6-13(17)7-9-14/h6-9,12H,10-11H2,1-5H3. The summed E-state index contributed by atoms with van der Waals surface area (Å²) >= 11 is 5.28. The van der Waals surface area contributed by atoms with Crippen LogP contribution in [0.4, 0.5) is 0 Å². The van der Waals surface area contributed by atoms with E-state index < -0.39 is 0 Å². The fraction of sp³-hybridized carbons (Fsp3) is 0.562. The minimum atomic E-state index is 0.0647. The molecule has 0 bridgehead atoms. The normalized spacial score (nSPS) is 11.8. The van der Waals surface area contributed by atoms with Gasteiger partial charge in [-0.2, -0.15) is 0 Å². The summed E-state index contributed by atoms with van der Waals surface area (Å²) in [6.45, 7) is 9.10. The Morgan fingerprint density at radius 2 is 1.85 bits per heavy atom. The van der Waals surface area contributed by atoms with Crippen LogP contribution in [0.5, 0.6) is 0 Å². The molecular formula is C16H24BrNOS. The van der Waals surface area contributed by atoms with Gasteiger partial charge in [-0.15, -0.1) is 11.8 Å². The number of rotatable bonds is 6. The summed E-state index contributed by atoms with van der Waals surface area (Å²) in [5.41, 5.74) is 0.0943. The van der Waals surface area contributed by atoms with E-state index in [9.17, 15) is 4.79 Å². The van der Waals surface area contributed by atoms with Gasteiger partial charge in [-0.25, -0.2) is 0 Å². The predicted octanol–water partition coefficient (Wildman–Crippen LogP) is 4.68. The van der Waals surface area contributed by atoms with Gasteiger partial charge in [0, 0.05) is 34.6 Å². The Hall–Kier alpha value is -0.480. The third-order valence-corrected chi connectivity index (χ3v) is 5.04. The highest BCUT2D eigenvalue weighted by atomic mass is 79.9. The average molecular weight is 358 g/mol. The lowest BCUT2D eigenvalue weighted by Crippen LogP contribution is -2.39. The summed E-state index contributed by atoms with van der Waals surface area (Å²) in [5, 5.41) is 0. The zero-order valence-electron chi connectivity index (χ0n) is 12.9. The molecule has 4 heteroatoms. The van der Waals surface area contributed by atoms with Crippen LogP contribution in [-0.4, -0.2) is 30.2 Å². The van der Waals surface area contributed by atoms with E-state index >= 15 is 0 Å². The van der Waals surface area contributed by atoms with E-state index in [4.69, 9.17) is 0 Å². The van der Waals surface area contributed by atoms with Gasteiger partial charge in [0.1, 0.15) is 0 Å². The van der Waals surface area contributed by atoms with Crippen LogP contribution in [0.2, 0.25) is 0 Å². The Kier molecular flexibility index (Phi) is 6.59. The third kappa shape index (κ3) is 5.88. The summed E-state index contributed by atoms with van der Waals surface area (Å²) < 4.78 is 1.10. The molecule has 1 aromatic carbocycles. The number of amides is 1. The molecule has 0 aliphatic heterocycles. The van der Waals surface area contributed by atoms with Gasteiger partial charge in [0.05, 0.1) is 0 Å². The Bertz CT molecular complexity index is 442. The summed E-state index contributed by atoms with van der Waals surface area (Å²) in [6.07, 6.45) is 0. The molecule has 0 aliphatic rings. The molecule has 112 valence electrons. The number of hydrogen-bond donors (Lipinski definition) is 0. The Morgan fingerprint density at radius 1 is 1.30 bits per heavy atom. The van der Waals surface area contributed by atoms with Crippen LogP contribution in [0, 0.1) is 11.3 Å². The molecule has 0 N–H and O–H groups in total. The molecule has 0 atom stereocenters. The maximum Gasteiger partial charge on any atom is 0.224 e. The summed E-state index contributed by atoms with van der Waals surface area (Å²) in [5.74, 6) is 1.27. The smallest absolute Gasteiger partial charge is 0.224 e. The van der Waals surface area contributed by atoms with Gasteiger partial charge < -0.3 is 4.90 Å². The topological polar surface area (TPSA) is 20.3 Å². The molecule has 0 saturated heterocycles. The number of benzene rings is 1. The molecule has 1 amide bonds. The number of halogens is 1. The summed E-state index contributed by atoms with van der Waals surface area (Å²) in [7, 11) is 1.90. The number of nitrogens with zero attached hydrogens (tertiary/aromatic N) is 1. The van der Waals surface area contributed by atoms with Crippen molar-refractivity contribution in [3.05, 3.63) is 28.7 Å². The van der Waals surface area contributed by atoms with Crippen molar-refractivity contribution in [3.8, 4) is 0 Å². The van der Waals surface area contributed by atoms with Crippen molar-refractivity contribution in [1.29, 1.82) is 0 Å². The molecule has 0 unspecified atom stereocenters. The molecule has 20 heavy (non-hydrogen) atoms. The summed E-state index contributed by atoms with van der Waals surface area (Å²) in [6, 6.07) is 8.36. The lowest BCUT2D eigenvalue weighted by molar-refractivity contribution is -0.134. The third-order valence-electron chi connectivity index (χ3n) is 2.98. The van der Waals surface area contributed by atoms with E-state index in [0.29, 0.717) is 0 Å². The Balaban J connectivity index is 2.52. The second-order valence-corrected chi connectivity index (χ2v) is 8.22. The number of thioether (sulfide) groups is 1. The lowest BCUT2D eigenvalue weighted by Gasteiger charge is -2.31. The van der Waals surface area contributed by atoms with Crippen LogP contribution in [0.15, 0.2) is 33.6 Å². The van der Waals surface area contributed by atoms with Crippen LogP contribution in [0.25, 0.3) is 0 Å². The molecule has 1 rings (SSSR count). The van der Waals surface area contributed by atoms with Gasteiger partial charge in [0.2, 0.25) is 5.91 Å². The second-order valence-electron chi connectivity index (χ2n) is 6.26. The van der Waals surface area contributed by atoms with Crippen LogP contribution in [-0.2, 0) is 4.79 Å². The van der Waals surface area contributed by atoms with E-state index in [1.807, 2.05) is 37.6 Å². The van der Waals surface area contributed by atoms with Crippen molar-refractivity contribution in [2.24, 2.45) is 11.3 Å². The van der Waals surface area contributed by atoms with Gasteiger partial charge in [0.15, 0.2) is 0 Å². The SMILES string of the molecule is CC(C)C(=O)N(C)CC(C)(C)CSc1ccc(Br)cc1. The van der Waals surface area contributed by atoms with E-state index in [1.165, 1.54) is 4.90 Å². The molecule has 2 nitrogen and oxygen atoms in total. The zero-order valence-corrected chi connectivity index (χ0v) is 15.3. The monoisotopic (exact) mass is 357 g/mol. The van der Waals surface area contributed by atoms with Crippen LogP contribution >= 0.6 is 27.7 Å². The maximum atomic E-state index is 11.9. The van der Waals surface area contributed by atoms with Crippen LogP contribution < -0.4 is 0 Å². The van der Waals surface area contributed by atoms with Crippen molar-refractivity contribution < 1.29 is 4.79 Å². The molecule has 0 radical (unpaired) electrons. The van der Waals surface area contributed by atoms with Crippen molar-refractivity contribution in [2.75, 3.05) is 19.3 Å². The fourth-order valence-electron chi connectivity index (χ4n) is 2.02. The molecule has 0 saturated carbocycles. The molecule has 1 aromatic rings. The van der Waals surface area contributed by atoms with Gasteiger partial charge in [-0.05, 0) is 29.7 Å². The molecule has 0 fully saturated rings. The first-order chi connectivity index (χ1) is 9.21. The predicted molar refractivity (Wildman–Crippen MR) is 91.1 cm³/mol. The number of carbonyl (C=O) groups is 1. The Morgan fingerprint density at radius 3 is 2.35 bits per heavy atom. The Labute approximate surface area is 135 Å². The van der Waals surface area contributed by atoms with Crippen molar-refractivity contribution in [3.63, 3.8) is 0 Å². The largest absolute Gasteiger partial charge is 0.345 e. The molecular weight excluding hydrogens is 334 g/mol. The summed E-state index contributed by atoms with van der Waals surface area (Å²) in [4.78, 5) is 15.1. The van der Waals surface area contributed by atoms with E-state index in [1.54, 1.807) is 0 Å². The highest BCUT2D eigenvalue weighted by Gasteiger charge is 2.24. The molecule has 0 aliphatic carbocycles. The van der Waals surface area contributed by atoms with Gasteiger partial charge in [-0.1, -0.05) is 43.6 Å². The number of carbonyl (C=O) groups excluding carboxylic acids is 1. The quantitative estimate of drug-likeness (QED) is 0.688.